The molecule has 0 radical (unpaired) electrons. The van der Waals surface area contributed by atoms with Crippen LogP contribution in [0.15, 0.2) is 47.8 Å². The second-order valence-corrected chi connectivity index (χ2v) is 5.50. The summed E-state index contributed by atoms with van der Waals surface area (Å²) in [4.78, 5) is 12.3. The quantitative estimate of drug-likeness (QED) is 0.583. The molecule has 0 saturated carbocycles. The van der Waals surface area contributed by atoms with Gasteiger partial charge in [-0.25, -0.2) is 4.39 Å². The van der Waals surface area contributed by atoms with Crippen LogP contribution in [-0.2, 0) is 6.42 Å². The van der Waals surface area contributed by atoms with E-state index in [0.717, 1.165) is 15.6 Å². The van der Waals surface area contributed by atoms with E-state index in [1.807, 2.05) is 29.6 Å². The van der Waals surface area contributed by atoms with Gasteiger partial charge in [-0.15, -0.1) is 11.3 Å². The monoisotopic (exact) mass is 285 g/mol. The second-order valence-electron chi connectivity index (χ2n) is 4.59. The van der Waals surface area contributed by atoms with Crippen molar-refractivity contribution in [1.82, 2.24) is 0 Å². The Morgan fingerprint density at radius 3 is 2.85 bits per heavy atom. The first-order valence-electron chi connectivity index (χ1n) is 6.18. The summed E-state index contributed by atoms with van der Waals surface area (Å²) < 4.78 is 14.4. The van der Waals surface area contributed by atoms with Crippen LogP contribution in [0.3, 0.4) is 0 Å². The van der Waals surface area contributed by atoms with E-state index in [0.29, 0.717) is 5.69 Å². The van der Waals surface area contributed by atoms with Gasteiger partial charge in [-0.3, -0.25) is 4.79 Å². The van der Waals surface area contributed by atoms with Crippen molar-refractivity contribution in [1.29, 1.82) is 0 Å². The third-order valence-electron chi connectivity index (χ3n) is 3.23. The highest BCUT2D eigenvalue weighted by Crippen LogP contribution is 2.27. The van der Waals surface area contributed by atoms with Crippen molar-refractivity contribution >= 4 is 32.9 Å². The summed E-state index contributed by atoms with van der Waals surface area (Å²) in [5, 5.41) is 3.04. The van der Waals surface area contributed by atoms with Crippen LogP contribution in [0.2, 0.25) is 0 Å². The third-order valence-corrected chi connectivity index (χ3v) is 4.24. The van der Waals surface area contributed by atoms with E-state index in [2.05, 4.69) is 0 Å². The molecule has 0 fully saturated rings. The molecule has 2 N–H and O–H groups in total. The van der Waals surface area contributed by atoms with Crippen molar-refractivity contribution in [2.24, 2.45) is 0 Å². The molecule has 0 aliphatic heterocycles. The number of halogens is 1. The van der Waals surface area contributed by atoms with Crippen LogP contribution < -0.4 is 5.73 Å². The van der Waals surface area contributed by atoms with Gasteiger partial charge < -0.3 is 5.73 Å². The van der Waals surface area contributed by atoms with Crippen molar-refractivity contribution in [2.45, 2.75) is 6.42 Å². The summed E-state index contributed by atoms with van der Waals surface area (Å²) in [5.41, 5.74) is 7.27. The highest BCUT2D eigenvalue weighted by Gasteiger charge is 2.14. The van der Waals surface area contributed by atoms with Gasteiger partial charge in [0.15, 0.2) is 5.78 Å². The summed E-state index contributed by atoms with van der Waals surface area (Å²) in [7, 11) is 0. The van der Waals surface area contributed by atoms with Gasteiger partial charge in [0.05, 0.1) is 0 Å². The Morgan fingerprint density at radius 2 is 2.00 bits per heavy atom. The SMILES string of the molecule is Nc1ccc(F)cc1C(=O)Cc1csc2ccccc12. The number of fused-ring (bicyclic) bond motifs is 1. The number of hydrogen-bond acceptors (Lipinski definition) is 3. The number of thiophene rings is 1. The lowest BCUT2D eigenvalue weighted by Gasteiger charge is -2.04. The molecule has 3 rings (SSSR count). The molecule has 0 amide bonds. The van der Waals surface area contributed by atoms with Crippen LogP contribution >= 0.6 is 11.3 Å². The molecule has 0 aliphatic rings. The molecule has 1 heterocycles. The molecule has 2 aromatic carbocycles. The predicted octanol–water partition coefficient (Wildman–Crippen LogP) is 4.05. The number of hydrogen-bond donors (Lipinski definition) is 1. The van der Waals surface area contributed by atoms with Crippen molar-refractivity contribution < 1.29 is 9.18 Å². The summed E-state index contributed by atoms with van der Waals surface area (Å²) in [5.74, 6) is -0.608. The van der Waals surface area contributed by atoms with Crippen LogP contribution in [0, 0.1) is 5.82 Å². The zero-order chi connectivity index (χ0) is 14.1. The van der Waals surface area contributed by atoms with Gasteiger partial charge in [0.25, 0.3) is 0 Å². The van der Waals surface area contributed by atoms with Crippen molar-refractivity contribution in [3.8, 4) is 0 Å². The number of anilines is 1. The van der Waals surface area contributed by atoms with Crippen molar-refractivity contribution in [3.05, 3.63) is 64.8 Å². The molecule has 0 aliphatic carbocycles. The first-order valence-corrected chi connectivity index (χ1v) is 7.06. The van der Waals surface area contributed by atoms with Crippen LogP contribution in [0.5, 0.6) is 0 Å². The maximum absolute atomic E-state index is 13.2. The Bertz CT molecular complexity index is 794. The molecule has 0 saturated heterocycles. The normalized spacial score (nSPS) is 10.8. The summed E-state index contributed by atoms with van der Waals surface area (Å²) >= 11 is 1.60. The Hall–Kier alpha value is -2.20. The highest BCUT2D eigenvalue weighted by molar-refractivity contribution is 7.17. The largest absolute Gasteiger partial charge is 0.398 e. The minimum atomic E-state index is -0.447. The number of rotatable bonds is 3. The fourth-order valence-corrected chi connectivity index (χ4v) is 3.17. The molecule has 0 spiro atoms. The van der Waals surface area contributed by atoms with Crippen molar-refractivity contribution in [3.63, 3.8) is 0 Å². The van der Waals surface area contributed by atoms with E-state index in [9.17, 15) is 9.18 Å². The average Bonchev–Trinajstić information content (AvgIpc) is 2.85. The van der Waals surface area contributed by atoms with E-state index in [1.165, 1.54) is 18.2 Å². The molecule has 0 bridgehead atoms. The van der Waals surface area contributed by atoms with Gasteiger partial charge in [-0.2, -0.15) is 0 Å². The molecule has 0 atom stereocenters. The van der Waals surface area contributed by atoms with Crippen molar-refractivity contribution in [2.75, 3.05) is 5.73 Å². The minimum absolute atomic E-state index is 0.162. The second kappa shape index (κ2) is 5.06. The van der Waals surface area contributed by atoms with Gasteiger partial charge >= 0.3 is 0 Å². The van der Waals surface area contributed by atoms with E-state index >= 15 is 0 Å². The van der Waals surface area contributed by atoms with Crippen LogP contribution in [0.25, 0.3) is 10.1 Å². The lowest BCUT2D eigenvalue weighted by molar-refractivity contribution is 0.0994. The zero-order valence-electron chi connectivity index (χ0n) is 10.6. The topological polar surface area (TPSA) is 43.1 Å². The molecule has 0 unspecified atom stereocenters. The summed E-state index contributed by atoms with van der Waals surface area (Å²) in [6, 6.07) is 11.8. The van der Waals surface area contributed by atoms with Gasteiger partial charge in [0.2, 0.25) is 0 Å². The molecular formula is C16H12FNOS. The summed E-state index contributed by atoms with van der Waals surface area (Å²) in [6.45, 7) is 0. The standard InChI is InChI=1S/C16H12FNOS/c17-11-5-6-14(18)13(8-11)15(19)7-10-9-20-16-4-2-1-3-12(10)16/h1-6,8-9H,7,18H2. The Kier molecular flexibility index (Phi) is 3.24. The Balaban J connectivity index is 1.94. The molecule has 100 valence electrons. The maximum Gasteiger partial charge on any atom is 0.169 e. The number of Topliss-reactive ketones (excluding diaryl/α,β-unsaturated/α-hetero) is 1. The first-order chi connectivity index (χ1) is 9.65. The van der Waals surface area contributed by atoms with Gasteiger partial charge in [-0.05, 0) is 40.6 Å². The first kappa shape index (κ1) is 12.8. The van der Waals surface area contributed by atoms with Gasteiger partial charge in [0, 0.05) is 22.4 Å². The van der Waals surface area contributed by atoms with Crippen LogP contribution in [0.1, 0.15) is 15.9 Å². The molecule has 1 aromatic heterocycles. The smallest absolute Gasteiger partial charge is 0.169 e. The van der Waals surface area contributed by atoms with E-state index in [4.69, 9.17) is 5.73 Å². The van der Waals surface area contributed by atoms with Crippen LogP contribution in [-0.4, -0.2) is 5.78 Å². The fourth-order valence-electron chi connectivity index (χ4n) is 2.21. The van der Waals surface area contributed by atoms with E-state index < -0.39 is 5.82 Å². The summed E-state index contributed by atoms with van der Waals surface area (Å²) in [6.07, 6.45) is 0.234. The van der Waals surface area contributed by atoms with Gasteiger partial charge in [-0.1, -0.05) is 18.2 Å². The third kappa shape index (κ3) is 2.30. The Labute approximate surface area is 119 Å². The number of carbonyl (C=O) groups is 1. The van der Waals surface area contributed by atoms with Crippen LogP contribution in [0.4, 0.5) is 10.1 Å². The minimum Gasteiger partial charge on any atom is -0.398 e. The van der Waals surface area contributed by atoms with E-state index in [-0.39, 0.29) is 17.8 Å². The van der Waals surface area contributed by atoms with Gasteiger partial charge in [0.1, 0.15) is 5.82 Å². The van der Waals surface area contributed by atoms with E-state index in [1.54, 1.807) is 11.3 Å². The number of benzene rings is 2. The maximum atomic E-state index is 13.2. The highest BCUT2D eigenvalue weighted by atomic mass is 32.1. The number of nitrogens with two attached hydrogens (primary N) is 1. The predicted molar refractivity (Wildman–Crippen MR) is 80.7 cm³/mol. The number of nitrogen functional groups attached to an aromatic ring is 1. The average molecular weight is 285 g/mol. The molecule has 20 heavy (non-hydrogen) atoms. The Morgan fingerprint density at radius 1 is 1.20 bits per heavy atom. The lowest BCUT2D eigenvalue weighted by atomic mass is 10.0. The lowest BCUT2D eigenvalue weighted by Crippen LogP contribution is -2.07. The molecule has 2 nitrogen and oxygen atoms in total. The molecular weight excluding hydrogens is 273 g/mol. The number of ketones is 1. The fraction of sp³-hybridized carbons (Fsp3) is 0.0625. The molecule has 4 heteroatoms. The number of carbonyl (C=O) groups excluding carboxylic acids is 1. The zero-order valence-corrected chi connectivity index (χ0v) is 11.4. The molecule has 3 aromatic rings.